The first-order valence-electron chi connectivity index (χ1n) is 11.7. The van der Waals surface area contributed by atoms with Crippen LogP contribution in [0.1, 0.15) is 18.4 Å². The average molecular weight is 567 g/mol. The summed E-state index contributed by atoms with van der Waals surface area (Å²) < 4.78 is 2.28. The summed E-state index contributed by atoms with van der Waals surface area (Å²) in [5.74, 6) is -0.172. The van der Waals surface area contributed by atoms with E-state index in [0.717, 1.165) is 58.0 Å². The molecule has 4 N–H and O–H groups in total. The molecule has 200 valence electrons. The fourth-order valence-electron chi connectivity index (χ4n) is 5.12. The third-order valence-electron chi connectivity index (χ3n) is 6.85. The molecule has 0 saturated carbocycles. The number of anilines is 1. The number of amides is 1. The maximum Gasteiger partial charge on any atom is 0.247 e. The van der Waals surface area contributed by atoms with Gasteiger partial charge in [0.1, 0.15) is 11.7 Å². The first-order valence-corrected chi connectivity index (χ1v) is 11.7. The SMILES string of the molecule is Cc1c2ccccc2nc2c1c1cc(NC(=O)[C@@H]3CCCN3C(=N)N)ccc1n2CCN(C)C.Cl.Cl.Cl. The minimum atomic E-state index is -0.401. The highest BCUT2D eigenvalue weighted by atomic mass is 35.5. The molecule has 4 aromatic rings. The average Bonchev–Trinajstić information content (AvgIpc) is 3.41. The molecule has 0 spiro atoms. The normalized spacial score (nSPS) is 14.9. The number of hydrogen-bond donors (Lipinski definition) is 3. The van der Waals surface area contributed by atoms with E-state index in [2.05, 4.69) is 60.1 Å². The van der Waals surface area contributed by atoms with E-state index < -0.39 is 6.04 Å². The number of nitrogens with zero attached hydrogens (tertiary/aromatic N) is 4. The Balaban J connectivity index is 0.00000160. The van der Waals surface area contributed by atoms with Gasteiger partial charge in [0, 0.05) is 41.5 Å². The van der Waals surface area contributed by atoms with E-state index in [1.807, 2.05) is 18.2 Å². The van der Waals surface area contributed by atoms with Crippen LogP contribution in [-0.2, 0) is 11.3 Å². The Kier molecular flexibility index (Phi) is 10.0. The number of likely N-dealkylation sites (N-methyl/N-ethyl adjacent to an activating group) is 1. The largest absolute Gasteiger partial charge is 0.370 e. The van der Waals surface area contributed by atoms with E-state index in [1.54, 1.807) is 4.90 Å². The summed E-state index contributed by atoms with van der Waals surface area (Å²) >= 11 is 0. The Hall–Kier alpha value is -2.78. The van der Waals surface area contributed by atoms with Gasteiger partial charge in [0.2, 0.25) is 5.91 Å². The number of carbonyl (C=O) groups is 1. The van der Waals surface area contributed by atoms with Gasteiger partial charge in [-0.2, -0.15) is 0 Å². The van der Waals surface area contributed by atoms with E-state index in [0.29, 0.717) is 13.0 Å². The van der Waals surface area contributed by atoms with Crippen molar-refractivity contribution in [2.45, 2.75) is 32.4 Å². The van der Waals surface area contributed by atoms with Crippen LogP contribution in [0, 0.1) is 12.3 Å². The second kappa shape index (κ2) is 12.2. The molecule has 37 heavy (non-hydrogen) atoms. The van der Waals surface area contributed by atoms with Gasteiger partial charge in [0.25, 0.3) is 0 Å². The highest BCUT2D eigenvalue weighted by Gasteiger charge is 2.31. The monoisotopic (exact) mass is 565 g/mol. The second-order valence-corrected chi connectivity index (χ2v) is 9.37. The van der Waals surface area contributed by atoms with Gasteiger partial charge in [-0.3, -0.25) is 10.2 Å². The summed E-state index contributed by atoms with van der Waals surface area (Å²) in [6.07, 6.45) is 1.56. The number of benzene rings is 2. The molecule has 0 aliphatic carbocycles. The van der Waals surface area contributed by atoms with E-state index in [9.17, 15) is 4.79 Å². The van der Waals surface area contributed by atoms with Crippen molar-refractivity contribution in [2.24, 2.45) is 5.73 Å². The number of aromatic nitrogens is 2. The molecule has 2 aromatic heterocycles. The Morgan fingerprint density at radius 3 is 2.59 bits per heavy atom. The zero-order valence-corrected chi connectivity index (χ0v) is 23.6. The smallest absolute Gasteiger partial charge is 0.247 e. The molecule has 1 aliphatic rings. The van der Waals surface area contributed by atoms with Crippen LogP contribution in [0.15, 0.2) is 42.5 Å². The fourth-order valence-corrected chi connectivity index (χ4v) is 5.12. The van der Waals surface area contributed by atoms with E-state index >= 15 is 0 Å². The molecule has 8 nitrogen and oxygen atoms in total. The van der Waals surface area contributed by atoms with E-state index in [4.69, 9.17) is 16.1 Å². The maximum absolute atomic E-state index is 13.0. The van der Waals surface area contributed by atoms with Crippen LogP contribution in [-0.4, -0.2) is 64.4 Å². The lowest BCUT2D eigenvalue weighted by atomic mass is 10.0. The second-order valence-electron chi connectivity index (χ2n) is 9.37. The summed E-state index contributed by atoms with van der Waals surface area (Å²) in [6.45, 7) is 4.51. The summed E-state index contributed by atoms with van der Waals surface area (Å²) in [4.78, 5) is 21.9. The molecule has 1 fully saturated rings. The quantitative estimate of drug-likeness (QED) is 0.238. The Bertz CT molecular complexity index is 1440. The summed E-state index contributed by atoms with van der Waals surface area (Å²) in [5, 5.41) is 14.2. The van der Waals surface area contributed by atoms with Crippen molar-refractivity contribution in [1.29, 1.82) is 5.41 Å². The van der Waals surface area contributed by atoms with Crippen molar-refractivity contribution in [1.82, 2.24) is 19.4 Å². The number of para-hydroxylation sites is 1. The number of pyridine rings is 1. The number of nitrogens with one attached hydrogen (secondary N) is 2. The van der Waals surface area contributed by atoms with E-state index in [1.165, 1.54) is 5.56 Å². The van der Waals surface area contributed by atoms with Crippen molar-refractivity contribution >= 4 is 87.6 Å². The number of aryl methyl sites for hydroxylation is 1. The third kappa shape index (κ3) is 5.57. The number of carbonyl (C=O) groups excluding carboxylic acids is 1. The number of fused-ring (bicyclic) bond motifs is 4. The molecule has 0 unspecified atom stereocenters. The number of guanidine groups is 1. The molecule has 1 aliphatic heterocycles. The molecule has 1 amide bonds. The van der Waals surface area contributed by atoms with Gasteiger partial charge in [-0.1, -0.05) is 18.2 Å². The molecule has 0 bridgehead atoms. The lowest BCUT2D eigenvalue weighted by Crippen LogP contribution is -2.46. The fraction of sp³-hybridized carbons (Fsp3) is 0.346. The molecule has 3 heterocycles. The van der Waals surface area contributed by atoms with Crippen LogP contribution in [0.2, 0.25) is 0 Å². The minimum absolute atomic E-state index is 0. The highest BCUT2D eigenvalue weighted by Crippen LogP contribution is 2.35. The van der Waals surface area contributed by atoms with Crippen molar-refractivity contribution < 1.29 is 4.79 Å². The van der Waals surface area contributed by atoms with Crippen molar-refractivity contribution in [3.63, 3.8) is 0 Å². The molecule has 0 radical (unpaired) electrons. The van der Waals surface area contributed by atoms with Crippen LogP contribution in [0.4, 0.5) is 5.69 Å². The Morgan fingerprint density at radius 1 is 1.16 bits per heavy atom. The van der Waals surface area contributed by atoms with Gasteiger partial charge in [-0.05, 0) is 63.7 Å². The lowest BCUT2D eigenvalue weighted by molar-refractivity contribution is -0.119. The van der Waals surface area contributed by atoms with Gasteiger partial charge in [-0.15, -0.1) is 37.2 Å². The van der Waals surface area contributed by atoms with Crippen LogP contribution in [0.5, 0.6) is 0 Å². The highest BCUT2D eigenvalue weighted by molar-refractivity contribution is 6.14. The zero-order chi connectivity index (χ0) is 24.0. The number of likely N-dealkylation sites (tertiary alicyclic amines) is 1. The maximum atomic E-state index is 13.0. The standard InChI is InChI=1S/C26H31N7O.3ClH/c1-16-18-7-4-5-8-20(18)30-24-23(16)19-15-17(10-11-21(19)32(24)14-13-31(2)3)29-25(34)22-9-6-12-33(22)26(27)28;;;/h4-5,7-8,10-11,15,22H,6,9,12-14H2,1-3H3,(H3,27,28)(H,29,34);3*1H/t22-;;;/m0.../s1. The van der Waals surface area contributed by atoms with Crippen LogP contribution in [0.25, 0.3) is 32.8 Å². The predicted molar refractivity (Wildman–Crippen MR) is 160 cm³/mol. The Labute approximate surface area is 235 Å². The van der Waals surface area contributed by atoms with Crippen molar-refractivity contribution in [3.05, 3.63) is 48.0 Å². The summed E-state index contributed by atoms with van der Waals surface area (Å²) in [5.41, 5.74) is 10.7. The van der Waals surface area contributed by atoms with Crippen LogP contribution in [0.3, 0.4) is 0 Å². The molecule has 1 saturated heterocycles. The van der Waals surface area contributed by atoms with Gasteiger partial charge in [-0.25, -0.2) is 4.98 Å². The van der Waals surface area contributed by atoms with Crippen LogP contribution < -0.4 is 11.1 Å². The molecule has 1 atom stereocenters. The summed E-state index contributed by atoms with van der Waals surface area (Å²) in [7, 11) is 4.14. The van der Waals surface area contributed by atoms with Gasteiger partial charge >= 0.3 is 0 Å². The first-order chi connectivity index (χ1) is 16.3. The number of halogens is 3. The Morgan fingerprint density at radius 2 is 1.89 bits per heavy atom. The molecular weight excluding hydrogens is 533 g/mol. The van der Waals surface area contributed by atoms with Crippen molar-refractivity contribution in [2.75, 3.05) is 32.5 Å². The molecule has 11 heteroatoms. The number of rotatable bonds is 5. The van der Waals surface area contributed by atoms with E-state index in [-0.39, 0.29) is 49.1 Å². The lowest BCUT2D eigenvalue weighted by Gasteiger charge is -2.23. The third-order valence-corrected chi connectivity index (χ3v) is 6.85. The first kappa shape index (κ1) is 30.4. The van der Waals surface area contributed by atoms with Crippen LogP contribution >= 0.6 is 37.2 Å². The van der Waals surface area contributed by atoms with Gasteiger partial charge in [0.15, 0.2) is 5.96 Å². The number of nitrogens with two attached hydrogens (primary N) is 1. The van der Waals surface area contributed by atoms with Crippen molar-refractivity contribution in [3.8, 4) is 0 Å². The molecule has 5 rings (SSSR count). The predicted octanol–water partition coefficient (Wildman–Crippen LogP) is 4.77. The topological polar surface area (TPSA) is 103 Å². The molecular formula is C26H34Cl3N7O. The van der Waals surface area contributed by atoms with Gasteiger partial charge in [0.05, 0.1) is 11.0 Å². The summed E-state index contributed by atoms with van der Waals surface area (Å²) in [6, 6.07) is 13.9. The number of hydrogen-bond acceptors (Lipinski definition) is 4. The van der Waals surface area contributed by atoms with Gasteiger partial charge < -0.3 is 25.4 Å². The molecule has 2 aromatic carbocycles. The zero-order valence-electron chi connectivity index (χ0n) is 21.2. The minimum Gasteiger partial charge on any atom is -0.370 e.